The fraction of sp³-hybridized carbons (Fsp3) is 0.533. The van der Waals surface area contributed by atoms with Crippen LogP contribution in [-0.2, 0) is 20.1 Å². The van der Waals surface area contributed by atoms with E-state index in [1.54, 1.807) is 0 Å². The summed E-state index contributed by atoms with van der Waals surface area (Å²) in [4.78, 5) is 0. The third kappa shape index (κ3) is 8.74. The van der Waals surface area contributed by atoms with E-state index in [9.17, 15) is 0 Å². The van der Waals surface area contributed by atoms with Crippen LogP contribution in [0.4, 0.5) is 0 Å². The largest absolute Gasteiger partial charge is 3.00 e. The van der Waals surface area contributed by atoms with E-state index in [1.165, 1.54) is 29.6 Å². The molecule has 0 nitrogen and oxygen atoms in total. The summed E-state index contributed by atoms with van der Waals surface area (Å²) >= 11 is 0. The van der Waals surface area contributed by atoms with Crippen molar-refractivity contribution < 1.29 is 20.1 Å². The van der Waals surface area contributed by atoms with Crippen LogP contribution >= 0.6 is 7.92 Å². The summed E-state index contributed by atoms with van der Waals surface area (Å²) in [6.45, 7) is 17.7. The number of hydrogen-bond donors (Lipinski definition) is 0. The van der Waals surface area contributed by atoms with Crippen molar-refractivity contribution in [2.45, 2.75) is 34.6 Å². The molecule has 5 radical (unpaired) electrons. The number of hydrogen-bond acceptors (Lipinski definition) is 0. The van der Waals surface area contributed by atoms with Gasteiger partial charge in [-0.3, -0.25) is 0 Å². The van der Waals surface area contributed by atoms with Crippen LogP contribution < -0.4 is 0 Å². The molecule has 0 atom stereocenters. The van der Waals surface area contributed by atoms with Gasteiger partial charge in [0, 0.05) is 0 Å². The molecule has 1 aliphatic carbocycles. The summed E-state index contributed by atoms with van der Waals surface area (Å²) in [6.07, 6.45) is 0. The molecule has 17 heavy (non-hydrogen) atoms. The average molecular weight is 434 g/mol. The summed E-state index contributed by atoms with van der Waals surface area (Å²) in [5.74, 6) is 7.34. The molecule has 0 aliphatic heterocycles. The van der Waals surface area contributed by atoms with E-state index >= 15 is 0 Å². The maximum absolute atomic E-state index is 2.23. The fourth-order valence-corrected chi connectivity index (χ4v) is 1.41. The number of rotatable bonds is 0. The van der Waals surface area contributed by atoms with Gasteiger partial charge >= 0.3 is 20.1 Å². The summed E-state index contributed by atoms with van der Waals surface area (Å²) < 4.78 is 0. The first kappa shape index (κ1) is 26.6. The molecule has 0 heterocycles. The van der Waals surface area contributed by atoms with Crippen molar-refractivity contribution in [3.8, 4) is 0 Å². The van der Waals surface area contributed by atoms with Crippen molar-refractivity contribution in [1.82, 2.24) is 0 Å². The van der Waals surface area contributed by atoms with Gasteiger partial charge < -0.3 is 14.9 Å². The maximum Gasteiger partial charge on any atom is 3.00 e. The van der Waals surface area contributed by atoms with Gasteiger partial charge in [-0.2, -0.15) is 0 Å². The van der Waals surface area contributed by atoms with Crippen LogP contribution in [0.1, 0.15) is 34.6 Å². The Balaban J connectivity index is -0.000000108. The SMILES string of the molecule is CP(C)C.C[C]1[C](C)[C](C)[C](C)[C]1C.[CH3-].[CH3-].[Ir+3]. The van der Waals surface area contributed by atoms with Gasteiger partial charge in [0.25, 0.3) is 0 Å². The van der Waals surface area contributed by atoms with E-state index in [0.29, 0.717) is 7.92 Å². The Kier molecular flexibility index (Phi) is 19.0. The van der Waals surface area contributed by atoms with Gasteiger partial charge in [-0.1, -0.05) is 34.6 Å². The minimum atomic E-state index is 0. The van der Waals surface area contributed by atoms with Gasteiger partial charge in [0.1, 0.15) is 0 Å². The molecular weight excluding hydrogens is 403 g/mol. The third-order valence-electron chi connectivity index (χ3n) is 2.81. The van der Waals surface area contributed by atoms with Gasteiger partial charge in [0.15, 0.2) is 0 Å². The molecule has 1 rings (SSSR count). The molecule has 0 saturated heterocycles. The Bertz CT molecular complexity index is 111. The standard InChI is InChI=1S/C10H15.C3H9P.2CH3.Ir/c1-6-7(2)9(4)10(5)8(6)3;1-4(2)3;;;/h1-5H3;1-3H3;2*1H3;/q;;2*-1;+3. The molecule has 0 spiro atoms. The van der Waals surface area contributed by atoms with Gasteiger partial charge in [-0.25, -0.2) is 0 Å². The van der Waals surface area contributed by atoms with Crippen LogP contribution in [0, 0.1) is 44.4 Å². The monoisotopic (exact) mass is 434 g/mol. The molecule has 1 aliphatic rings. The Morgan fingerprint density at radius 3 is 0.647 bits per heavy atom. The third-order valence-corrected chi connectivity index (χ3v) is 2.81. The molecule has 103 valence electrons. The minimum absolute atomic E-state index is 0. The smallest absolute Gasteiger partial charge is 0.358 e. The van der Waals surface area contributed by atoms with Crippen molar-refractivity contribution in [2.75, 3.05) is 20.0 Å². The van der Waals surface area contributed by atoms with E-state index in [4.69, 9.17) is 0 Å². The minimum Gasteiger partial charge on any atom is -0.358 e. The quantitative estimate of drug-likeness (QED) is 0.363. The Morgan fingerprint density at radius 2 is 0.588 bits per heavy atom. The van der Waals surface area contributed by atoms with Crippen LogP contribution in [0.3, 0.4) is 0 Å². The Morgan fingerprint density at radius 1 is 0.529 bits per heavy atom. The van der Waals surface area contributed by atoms with Crippen LogP contribution in [0.2, 0.25) is 0 Å². The second-order valence-corrected chi connectivity index (χ2v) is 7.15. The molecule has 1 fully saturated rings. The second-order valence-electron chi connectivity index (χ2n) is 4.47. The van der Waals surface area contributed by atoms with E-state index in [-0.39, 0.29) is 35.0 Å². The normalized spacial score (nSPS) is 18.9. The first-order valence-electron chi connectivity index (χ1n) is 5.09. The van der Waals surface area contributed by atoms with E-state index in [0.717, 1.165) is 0 Å². The van der Waals surface area contributed by atoms with E-state index in [1.807, 2.05) is 0 Å². The topological polar surface area (TPSA) is 0 Å². The second kappa shape index (κ2) is 12.1. The Hall–Kier alpha value is 1.08. The van der Waals surface area contributed by atoms with Crippen molar-refractivity contribution >= 4 is 7.92 Å². The van der Waals surface area contributed by atoms with Crippen molar-refractivity contribution in [3.63, 3.8) is 0 Å². The molecule has 1 saturated carbocycles. The summed E-state index contributed by atoms with van der Waals surface area (Å²) in [6, 6.07) is 0. The Labute approximate surface area is 127 Å². The molecule has 0 amide bonds. The molecule has 0 aromatic heterocycles. The molecule has 2 heteroatoms. The molecule has 0 aromatic rings. The van der Waals surface area contributed by atoms with Gasteiger partial charge in [-0.15, -0.1) is 7.92 Å². The molecule has 0 unspecified atom stereocenters. The van der Waals surface area contributed by atoms with Crippen LogP contribution in [-0.4, -0.2) is 20.0 Å². The fourth-order valence-electron chi connectivity index (χ4n) is 1.41. The zero-order valence-electron chi connectivity index (χ0n) is 13.3. The first-order valence-corrected chi connectivity index (χ1v) is 7.77. The van der Waals surface area contributed by atoms with Crippen LogP contribution in [0.25, 0.3) is 0 Å². The van der Waals surface area contributed by atoms with Gasteiger partial charge in [-0.05, 0) is 49.6 Å². The van der Waals surface area contributed by atoms with Crippen molar-refractivity contribution in [1.29, 1.82) is 0 Å². The molecule has 0 bridgehead atoms. The van der Waals surface area contributed by atoms with Crippen LogP contribution in [0.5, 0.6) is 0 Å². The molecule has 0 N–H and O–H groups in total. The molecular formula is C15H30IrP+. The summed E-state index contributed by atoms with van der Waals surface area (Å²) in [5.41, 5.74) is 0. The van der Waals surface area contributed by atoms with Crippen molar-refractivity contribution in [2.24, 2.45) is 0 Å². The average Bonchev–Trinajstić information content (AvgIpc) is 2.23. The predicted molar refractivity (Wildman–Crippen MR) is 82.1 cm³/mol. The summed E-state index contributed by atoms with van der Waals surface area (Å²) in [5, 5.41) is 0. The zero-order chi connectivity index (χ0) is 11.5. The van der Waals surface area contributed by atoms with Crippen LogP contribution in [0.15, 0.2) is 0 Å². The predicted octanol–water partition coefficient (Wildman–Crippen LogP) is 5.23. The van der Waals surface area contributed by atoms with E-state index in [2.05, 4.69) is 54.6 Å². The molecule has 0 aromatic carbocycles. The van der Waals surface area contributed by atoms with Crippen molar-refractivity contribution in [3.05, 3.63) is 44.4 Å². The first-order chi connectivity index (χ1) is 6.29. The summed E-state index contributed by atoms with van der Waals surface area (Å²) in [7, 11) is 0.380. The zero-order valence-corrected chi connectivity index (χ0v) is 16.6. The van der Waals surface area contributed by atoms with E-state index < -0.39 is 0 Å². The van der Waals surface area contributed by atoms with Gasteiger partial charge in [0.2, 0.25) is 0 Å². The maximum atomic E-state index is 2.23. The van der Waals surface area contributed by atoms with Gasteiger partial charge in [0.05, 0.1) is 0 Å².